The fourth-order valence-electron chi connectivity index (χ4n) is 5.15. The number of piperidine rings is 1. The van der Waals surface area contributed by atoms with Crippen molar-refractivity contribution in [2.75, 3.05) is 50.1 Å². The van der Waals surface area contributed by atoms with Crippen molar-refractivity contribution in [3.63, 3.8) is 0 Å². The second kappa shape index (κ2) is 9.91. The third-order valence-corrected chi connectivity index (χ3v) is 7.20. The van der Waals surface area contributed by atoms with Crippen molar-refractivity contribution < 1.29 is 13.5 Å². The van der Waals surface area contributed by atoms with Gasteiger partial charge in [0, 0.05) is 37.4 Å². The fraction of sp³-hybridized carbons (Fsp3) is 0.615. The van der Waals surface area contributed by atoms with Gasteiger partial charge in [0.2, 0.25) is 5.95 Å². The number of methoxy groups -OCH3 is 1. The Hall–Kier alpha value is -2.66. The molecule has 8 heteroatoms. The van der Waals surface area contributed by atoms with E-state index in [1.165, 1.54) is 25.7 Å². The quantitative estimate of drug-likeness (QED) is 0.642. The number of nitrogens with zero attached hydrogens (tertiary/aromatic N) is 4. The lowest BCUT2D eigenvalue weighted by Crippen LogP contribution is -2.40. The third kappa shape index (κ3) is 5.20. The molecule has 1 aromatic carbocycles. The molecule has 2 aliphatic heterocycles. The summed E-state index contributed by atoms with van der Waals surface area (Å²) in [5.41, 5.74) is 1.55. The summed E-state index contributed by atoms with van der Waals surface area (Å²) in [6.45, 7) is 3.45. The smallest absolute Gasteiger partial charge is 0.251 e. The first-order chi connectivity index (χ1) is 16.5. The number of alkyl halides is 2. The van der Waals surface area contributed by atoms with Crippen LogP contribution in [0, 0.1) is 11.8 Å². The standard InChI is InChI=1S/C26H33F2N5O/c1-34-23-18-21-22(17-19(23)7-6-14-32-12-4-5-13-32)30-25(33-15-10-26(27,28)11-16-33)31-24(21)29-20-8-2-3-9-20/h17-18,20H,2-5,8-16H2,1H3,(H,29,30,31). The molecule has 3 fully saturated rings. The Morgan fingerprint density at radius 3 is 2.50 bits per heavy atom. The van der Waals surface area contributed by atoms with Gasteiger partial charge in [-0.1, -0.05) is 24.7 Å². The summed E-state index contributed by atoms with van der Waals surface area (Å²) in [4.78, 5) is 13.8. The van der Waals surface area contributed by atoms with Crippen molar-refractivity contribution in [1.29, 1.82) is 0 Å². The predicted molar refractivity (Wildman–Crippen MR) is 131 cm³/mol. The summed E-state index contributed by atoms with van der Waals surface area (Å²) in [6.07, 6.45) is 6.75. The van der Waals surface area contributed by atoms with E-state index in [1.54, 1.807) is 7.11 Å². The van der Waals surface area contributed by atoms with Crippen LogP contribution in [0.15, 0.2) is 12.1 Å². The molecule has 6 nitrogen and oxygen atoms in total. The minimum absolute atomic E-state index is 0.171. The number of fused-ring (bicyclic) bond motifs is 1. The molecule has 2 aromatic rings. The van der Waals surface area contributed by atoms with Crippen molar-refractivity contribution in [3.05, 3.63) is 17.7 Å². The highest BCUT2D eigenvalue weighted by molar-refractivity contribution is 5.93. The molecule has 0 atom stereocenters. The average Bonchev–Trinajstić information content (AvgIpc) is 3.53. The molecule has 3 aliphatic rings. The van der Waals surface area contributed by atoms with Gasteiger partial charge in [0.25, 0.3) is 5.92 Å². The molecule has 3 heterocycles. The van der Waals surface area contributed by atoms with Crippen LogP contribution >= 0.6 is 0 Å². The zero-order chi connectivity index (χ0) is 23.5. The molecule has 1 aliphatic carbocycles. The molecule has 1 aromatic heterocycles. The molecule has 182 valence electrons. The van der Waals surface area contributed by atoms with E-state index >= 15 is 0 Å². The zero-order valence-electron chi connectivity index (χ0n) is 19.9. The average molecular weight is 470 g/mol. The van der Waals surface area contributed by atoms with E-state index in [4.69, 9.17) is 14.7 Å². The topological polar surface area (TPSA) is 53.5 Å². The van der Waals surface area contributed by atoms with Crippen LogP contribution in [0.5, 0.6) is 5.75 Å². The Balaban J connectivity index is 1.50. The van der Waals surface area contributed by atoms with Gasteiger partial charge in [0.15, 0.2) is 0 Å². The number of halogens is 2. The number of hydrogen-bond donors (Lipinski definition) is 1. The number of ether oxygens (including phenoxy) is 1. The number of likely N-dealkylation sites (tertiary alicyclic amines) is 1. The van der Waals surface area contributed by atoms with Gasteiger partial charge >= 0.3 is 0 Å². The number of rotatable bonds is 5. The highest BCUT2D eigenvalue weighted by atomic mass is 19.3. The van der Waals surface area contributed by atoms with Crippen LogP contribution in [-0.4, -0.2) is 66.7 Å². The second-order valence-corrected chi connectivity index (χ2v) is 9.70. The predicted octanol–water partition coefficient (Wildman–Crippen LogP) is 4.68. The number of anilines is 2. The second-order valence-electron chi connectivity index (χ2n) is 9.70. The van der Waals surface area contributed by atoms with Crippen molar-refractivity contribution >= 4 is 22.7 Å². The lowest BCUT2D eigenvalue weighted by molar-refractivity contribution is -0.0222. The lowest BCUT2D eigenvalue weighted by Gasteiger charge is -2.32. The van der Waals surface area contributed by atoms with E-state index < -0.39 is 5.92 Å². The Morgan fingerprint density at radius 1 is 1.06 bits per heavy atom. The molecule has 1 N–H and O–H groups in total. The van der Waals surface area contributed by atoms with Crippen molar-refractivity contribution in [3.8, 4) is 17.6 Å². The largest absolute Gasteiger partial charge is 0.495 e. The molecule has 34 heavy (non-hydrogen) atoms. The monoisotopic (exact) mass is 469 g/mol. The minimum Gasteiger partial charge on any atom is -0.495 e. The Morgan fingerprint density at radius 2 is 1.79 bits per heavy atom. The fourth-order valence-corrected chi connectivity index (χ4v) is 5.15. The van der Waals surface area contributed by atoms with Crippen LogP contribution < -0.4 is 15.0 Å². The van der Waals surface area contributed by atoms with Gasteiger partial charge in [-0.15, -0.1) is 0 Å². The van der Waals surface area contributed by atoms with Crippen LogP contribution in [0.1, 0.15) is 56.9 Å². The van der Waals surface area contributed by atoms with E-state index in [0.717, 1.165) is 54.8 Å². The van der Waals surface area contributed by atoms with E-state index in [2.05, 4.69) is 22.1 Å². The minimum atomic E-state index is -2.61. The van der Waals surface area contributed by atoms with Crippen LogP contribution in [0.2, 0.25) is 0 Å². The van der Waals surface area contributed by atoms with Gasteiger partial charge in [-0.2, -0.15) is 4.98 Å². The molecule has 5 rings (SSSR count). The van der Waals surface area contributed by atoms with E-state index in [1.807, 2.05) is 17.0 Å². The first-order valence-electron chi connectivity index (χ1n) is 12.5. The third-order valence-electron chi connectivity index (χ3n) is 7.20. The number of nitrogens with one attached hydrogen (secondary N) is 1. The summed E-state index contributed by atoms with van der Waals surface area (Å²) in [6, 6.07) is 4.28. The van der Waals surface area contributed by atoms with Crippen LogP contribution in [0.3, 0.4) is 0 Å². The summed E-state index contributed by atoms with van der Waals surface area (Å²) in [5, 5.41) is 4.48. The van der Waals surface area contributed by atoms with Crippen LogP contribution in [0.4, 0.5) is 20.5 Å². The highest BCUT2D eigenvalue weighted by Gasteiger charge is 2.35. The van der Waals surface area contributed by atoms with Crippen molar-refractivity contribution in [2.45, 2.75) is 63.3 Å². The van der Waals surface area contributed by atoms with Crippen molar-refractivity contribution in [1.82, 2.24) is 14.9 Å². The van der Waals surface area contributed by atoms with E-state index in [-0.39, 0.29) is 25.9 Å². The van der Waals surface area contributed by atoms with E-state index in [0.29, 0.717) is 17.7 Å². The maximum absolute atomic E-state index is 13.8. The molecule has 0 amide bonds. The van der Waals surface area contributed by atoms with Crippen LogP contribution in [-0.2, 0) is 0 Å². The molecular formula is C26H33F2N5O. The number of hydrogen-bond acceptors (Lipinski definition) is 6. The zero-order valence-corrected chi connectivity index (χ0v) is 19.9. The summed E-state index contributed by atoms with van der Waals surface area (Å²) in [7, 11) is 1.65. The summed E-state index contributed by atoms with van der Waals surface area (Å²) < 4.78 is 33.2. The molecule has 0 radical (unpaired) electrons. The van der Waals surface area contributed by atoms with Gasteiger partial charge in [0.05, 0.1) is 24.7 Å². The van der Waals surface area contributed by atoms with Gasteiger partial charge in [-0.05, 0) is 50.9 Å². The molecule has 1 saturated carbocycles. The van der Waals surface area contributed by atoms with E-state index in [9.17, 15) is 8.78 Å². The molecular weight excluding hydrogens is 436 g/mol. The summed E-state index contributed by atoms with van der Waals surface area (Å²) >= 11 is 0. The maximum Gasteiger partial charge on any atom is 0.251 e. The molecule has 0 spiro atoms. The number of benzene rings is 1. The maximum atomic E-state index is 13.8. The Bertz CT molecular complexity index is 1070. The first-order valence-corrected chi connectivity index (χ1v) is 12.5. The Kier molecular flexibility index (Phi) is 6.73. The normalized spacial score (nSPS) is 21.0. The van der Waals surface area contributed by atoms with Gasteiger partial charge in [-0.25, -0.2) is 13.8 Å². The number of aromatic nitrogens is 2. The first kappa shape index (κ1) is 23.1. The van der Waals surface area contributed by atoms with Crippen molar-refractivity contribution in [2.24, 2.45) is 0 Å². The molecule has 0 bridgehead atoms. The van der Waals surface area contributed by atoms with Gasteiger partial charge in [-0.3, -0.25) is 4.90 Å². The summed E-state index contributed by atoms with van der Waals surface area (Å²) in [5.74, 6) is 5.91. The van der Waals surface area contributed by atoms with Gasteiger partial charge in [0.1, 0.15) is 11.6 Å². The molecule has 2 saturated heterocycles. The Labute approximate surface area is 200 Å². The van der Waals surface area contributed by atoms with Crippen LogP contribution in [0.25, 0.3) is 10.9 Å². The van der Waals surface area contributed by atoms with Gasteiger partial charge < -0.3 is 15.0 Å². The lowest BCUT2D eigenvalue weighted by atomic mass is 10.1. The SMILES string of the molecule is COc1cc2c(NC3CCCC3)nc(N3CCC(F)(F)CC3)nc2cc1C#CCN1CCCC1. The highest BCUT2D eigenvalue weighted by Crippen LogP contribution is 2.34. The molecule has 0 unspecified atom stereocenters.